The zero-order valence-corrected chi connectivity index (χ0v) is 11.6. The lowest BCUT2D eigenvalue weighted by atomic mass is 10.2. The average molecular weight is 301 g/mol. The van der Waals surface area contributed by atoms with Gasteiger partial charge in [-0.15, -0.1) is 0 Å². The van der Waals surface area contributed by atoms with Crippen molar-refractivity contribution >= 4 is 20.9 Å². The van der Waals surface area contributed by atoms with Crippen molar-refractivity contribution < 1.29 is 13.2 Å². The third kappa shape index (κ3) is 2.99. The molecule has 0 aliphatic heterocycles. The van der Waals surface area contributed by atoms with Gasteiger partial charge in [-0.1, -0.05) is 6.07 Å². The summed E-state index contributed by atoms with van der Waals surface area (Å²) in [6.45, 7) is 0. The molecule has 106 valence electrons. The molecular weight excluding hydrogens is 290 g/mol. The predicted octanol–water partition coefficient (Wildman–Crippen LogP) is 2.07. The minimum atomic E-state index is -3.75. The Kier molecular flexibility index (Phi) is 3.28. The van der Waals surface area contributed by atoms with Gasteiger partial charge in [0.15, 0.2) is 0 Å². The molecule has 2 aromatic heterocycles. The van der Waals surface area contributed by atoms with Crippen LogP contribution >= 0.6 is 0 Å². The second-order valence-electron chi connectivity index (χ2n) is 4.34. The lowest BCUT2D eigenvalue weighted by Gasteiger charge is -2.06. The van der Waals surface area contributed by atoms with E-state index in [1.54, 1.807) is 18.3 Å². The number of pyridine rings is 2. The van der Waals surface area contributed by atoms with Crippen LogP contribution in [0.1, 0.15) is 0 Å². The molecule has 0 atom stereocenters. The van der Waals surface area contributed by atoms with Crippen molar-refractivity contribution in [1.82, 2.24) is 9.97 Å². The van der Waals surface area contributed by atoms with Gasteiger partial charge in [0.05, 0.1) is 11.7 Å². The Morgan fingerprint density at radius 3 is 2.62 bits per heavy atom. The Morgan fingerprint density at radius 2 is 1.90 bits per heavy atom. The SMILES string of the molecule is NS(=O)(=O)c1ccc(Oc2ccc3cccnc3c2)nc1. The Bertz CT molecular complexity index is 893. The number of rotatable bonds is 3. The van der Waals surface area contributed by atoms with Gasteiger partial charge in [0.25, 0.3) is 0 Å². The number of benzene rings is 1. The fourth-order valence-electron chi connectivity index (χ4n) is 1.83. The second kappa shape index (κ2) is 5.12. The van der Waals surface area contributed by atoms with Gasteiger partial charge in [-0.2, -0.15) is 0 Å². The van der Waals surface area contributed by atoms with Gasteiger partial charge >= 0.3 is 0 Å². The first kappa shape index (κ1) is 13.5. The molecule has 0 radical (unpaired) electrons. The van der Waals surface area contributed by atoms with Gasteiger partial charge in [0.2, 0.25) is 15.9 Å². The summed E-state index contributed by atoms with van der Waals surface area (Å²) < 4.78 is 27.8. The van der Waals surface area contributed by atoms with Gasteiger partial charge in [-0.3, -0.25) is 4.98 Å². The van der Waals surface area contributed by atoms with E-state index in [-0.39, 0.29) is 10.8 Å². The largest absolute Gasteiger partial charge is 0.439 e. The maximum Gasteiger partial charge on any atom is 0.239 e. The molecule has 0 unspecified atom stereocenters. The maximum atomic E-state index is 11.1. The first-order chi connectivity index (χ1) is 10.0. The number of ether oxygens (including phenoxy) is 1. The smallest absolute Gasteiger partial charge is 0.239 e. The van der Waals surface area contributed by atoms with E-state index in [1.807, 2.05) is 18.2 Å². The van der Waals surface area contributed by atoms with Gasteiger partial charge in [-0.25, -0.2) is 18.5 Å². The fraction of sp³-hybridized carbons (Fsp3) is 0. The number of fused-ring (bicyclic) bond motifs is 1. The molecule has 7 heteroatoms. The standard InChI is InChI=1S/C14H11N3O3S/c15-21(18,19)12-5-6-14(17-9-12)20-11-4-3-10-2-1-7-16-13(10)8-11/h1-9H,(H2,15,18,19). The van der Waals surface area contributed by atoms with Crippen molar-refractivity contribution in [3.63, 3.8) is 0 Å². The molecule has 2 heterocycles. The normalized spacial score (nSPS) is 11.5. The number of hydrogen-bond donors (Lipinski definition) is 1. The van der Waals surface area contributed by atoms with Crippen LogP contribution < -0.4 is 9.88 Å². The topological polar surface area (TPSA) is 95.2 Å². The summed E-state index contributed by atoms with van der Waals surface area (Å²) in [6, 6.07) is 12.1. The second-order valence-corrected chi connectivity index (χ2v) is 5.90. The third-order valence-corrected chi connectivity index (χ3v) is 3.74. The van der Waals surface area contributed by atoms with Crippen LogP contribution in [0.15, 0.2) is 59.8 Å². The van der Waals surface area contributed by atoms with Crippen LogP contribution in [-0.4, -0.2) is 18.4 Å². The highest BCUT2D eigenvalue weighted by atomic mass is 32.2. The third-order valence-electron chi connectivity index (χ3n) is 2.84. The number of sulfonamides is 1. The van der Waals surface area contributed by atoms with Crippen molar-refractivity contribution in [2.24, 2.45) is 5.14 Å². The van der Waals surface area contributed by atoms with E-state index < -0.39 is 10.0 Å². The van der Waals surface area contributed by atoms with Crippen LogP contribution in [0.25, 0.3) is 10.9 Å². The van der Waals surface area contributed by atoms with Crippen molar-refractivity contribution in [2.75, 3.05) is 0 Å². The lowest BCUT2D eigenvalue weighted by molar-refractivity contribution is 0.462. The van der Waals surface area contributed by atoms with Gasteiger partial charge in [0.1, 0.15) is 10.6 Å². The van der Waals surface area contributed by atoms with Crippen molar-refractivity contribution in [3.05, 3.63) is 54.9 Å². The number of aromatic nitrogens is 2. The molecule has 0 amide bonds. The molecule has 0 saturated heterocycles. The summed E-state index contributed by atoms with van der Waals surface area (Å²) in [7, 11) is -3.75. The summed E-state index contributed by atoms with van der Waals surface area (Å²) >= 11 is 0. The molecule has 0 aliphatic rings. The summed E-state index contributed by atoms with van der Waals surface area (Å²) in [5, 5.41) is 6.01. The monoisotopic (exact) mass is 301 g/mol. The molecule has 21 heavy (non-hydrogen) atoms. The molecule has 0 bridgehead atoms. The van der Waals surface area contributed by atoms with Gasteiger partial charge in [-0.05, 0) is 24.3 Å². The summed E-state index contributed by atoms with van der Waals surface area (Å²) in [4.78, 5) is 8.09. The van der Waals surface area contributed by atoms with Gasteiger partial charge < -0.3 is 4.74 Å². The number of nitrogens with zero attached hydrogens (tertiary/aromatic N) is 2. The molecule has 0 aliphatic carbocycles. The van der Waals surface area contributed by atoms with Gasteiger partial charge in [0, 0.05) is 23.7 Å². The average Bonchev–Trinajstić information content (AvgIpc) is 2.47. The zero-order chi connectivity index (χ0) is 14.9. The summed E-state index contributed by atoms with van der Waals surface area (Å²) in [6.07, 6.45) is 2.86. The molecule has 0 saturated carbocycles. The quantitative estimate of drug-likeness (QED) is 0.799. The Labute approximate surface area is 121 Å². The Hall–Kier alpha value is -2.51. The van der Waals surface area contributed by atoms with E-state index in [0.29, 0.717) is 5.75 Å². The van der Waals surface area contributed by atoms with E-state index in [1.165, 1.54) is 12.1 Å². The Balaban J connectivity index is 1.88. The van der Waals surface area contributed by atoms with E-state index >= 15 is 0 Å². The van der Waals surface area contributed by atoms with Crippen molar-refractivity contribution in [1.29, 1.82) is 0 Å². The fourth-order valence-corrected chi connectivity index (χ4v) is 2.28. The first-order valence-electron chi connectivity index (χ1n) is 6.04. The maximum absolute atomic E-state index is 11.1. The molecule has 1 aromatic carbocycles. The van der Waals surface area contributed by atoms with Crippen molar-refractivity contribution in [2.45, 2.75) is 4.90 Å². The Morgan fingerprint density at radius 1 is 1.05 bits per heavy atom. The first-order valence-corrected chi connectivity index (χ1v) is 7.58. The van der Waals surface area contributed by atoms with Crippen LogP contribution in [0.2, 0.25) is 0 Å². The van der Waals surface area contributed by atoms with Crippen LogP contribution in [0.3, 0.4) is 0 Å². The highest BCUT2D eigenvalue weighted by molar-refractivity contribution is 7.89. The molecular formula is C14H11N3O3S. The molecule has 3 aromatic rings. The summed E-state index contributed by atoms with van der Waals surface area (Å²) in [5.74, 6) is 0.842. The van der Waals surface area contributed by atoms with Crippen LogP contribution in [0.5, 0.6) is 11.6 Å². The minimum Gasteiger partial charge on any atom is -0.439 e. The van der Waals surface area contributed by atoms with E-state index in [4.69, 9.17) is 9.88 Å². The van der Waals surface area contributed by atoms with E-state index in [9.17, 15) is 8.42 Å². The highest BCUT2D eigenvalue weighted by Crippen LogP contribution is 2.23. The number of hydrogen-bond acceptors (Lipinski definition) is 5. The molecule has 0 spiro atoms. The van der Waals surface area contributed by atoms with E-state index in [2.05, 4.69) is 9.97 Å². The summed E-state index contributed by atoms with van der Waals surface area (Å²) in [5.41, 5.74) is 0.802. The zero-order valence-electron chi connectivity index (χ0n) is 10.8. The molecule has 2 N–H and O–H groups in total. The lowest BCUT2D eigenvalue weighted by Crippen LogP contribution is -2.12. The molecule has 0 fully saturated rings. The predicted molar refractivity (Wildman–Crippen MR) is 77.4 cm³/mol. The van der Waals surface area contributed by atoms with E-state index in [0.717, 1.165) is 17.1 Å². The van der Waals surface area contributed by atoms with Crippen LogP contribution in [0.4, 0.5) is 0 Å². The number of nitrogens with two attached hydrogens (primary N) is 1. The number of primary sulfonamides is 1. The molecule has 3 rings (SSSR count). The van der Waals surface area contributed by atoms with Crippen molar-refractivity contribution in [3.8, 4) is 11.6 Å². The van der Waals surface area contributed by atoms with Crippen LogP contribution in [-0.2, 0) is 10.0 Å². The minimum absolute atomic E-state index is 0.0602. The molecule has 6 nitrogen and oxygen atoms in total. The van der Waals surface area contributed by atoms with Crippen LogP contribution in [0, 0.1) is 0 Å². The highest BCUT2D eigenvalue weighted by Gasteiger charge is 2.08.